The number of carbonyl (C=O) groups is 1. The minimum Gasteiger partial charge on any atom is -0.383 e. The molecule has 4 N–H and O–H groups in total. The molecule has 0 saturated heterocycles. The van der Waals surface area contributed by atoms with Crippen LogP contribution in [0.2, 0.25) is 0 Å². The van der Waals surface area contributed by atoms with E-state index in [1.165, 1.54) is 11.7 Å². The Morgan fingerprint density at radius 2 is 2.50 bits per heavy atom. The Kier molecular flexibility index (Phi) is 4.52. The van der Waals surface area contributed by atoms with Gasteiger partial charge in [-0.05, 0) is 0 Å². The molecule has 1 amide bonds. The Balaban J connectivity index is 2.79. The van der Waals surface area contributed by atoms with Crippen LogP contribution in [0.3, 0.4) is 0 Å². The topological polar surface area (TPSA) is 115 Å². The highest BCUT2D eigenvalue weighted by atomic mass is 32.2. The van der Waals surface area contributed by atoms with Gasteiger partial charge >= 0.3 is 5.69 Å². The van der Waals surface area contributed by atoms with Crippen molar-refractivity contribution in [2.75, 3.05) is 13.7 Å². The molecule has 1 aromatic heterocycles. The summed E-state index contributed by atoms with van der Waals surface area (Å²) in [5, 5.41) is 5.89. The number of carbonyl (C=O) groups excluding carboxylic acids is 1. The van der Waals surface area contributed by atoms with Crippen LogP contribution in [0.1, 0.15) is 0 Å². The fraction of sp³-hybridized carbons (Fsp3) is 0.571. The molecule has 1 rings (SSSR count). The number of aromatic amines is 1. The summed E-state index contributed by atoms with van der Waals surface area (Å²) in [5.74, 6) is 4.65. The van der Waals surface area contributed by atoms with Gasteiger partial charge in [0.15, 0.2) is 5.16 Å². The second kappa shape index (κ2) is 5.68. The van der Waals surface area contributed by atoms with Gasteiger partial charge in [0, 0.05) is 14.2 Å². The van der Waals surface area contributed by atoms with Crippen molar-refractivity contribution in [3.8, 4) is 0 Å². The molecule has 0 radical (unpaired) electrons. The summed E-state index contributed by atoms with van der Waals surface area (Å²) >= 11 is 1.10. The predicted octanol–water partition coefficient (Wildman–Crippen LogP) is -1.79. The summed E-state index contributed by atoms with van der Waals surface area (Å²) in [4.78, 5) is 22.5. The highest BCUT2D eigenvalue weighted by Crippen LogP contribution is 2.19. The number of hydrogen-bond acceptors (Lipinski definition) is 6. The molecule has 0 aliphatic rings. The van der Waals surface area contributed by atoms with Crippen LogP contribution in [-0.4, -0.2) is 39.6 Å². The number of aromatic nitrogens is 3. The Morgan fingerprint density at radius 1 is 1.81 bits per heavy atom. The maximum Gasteiger partial charge on any atom is 0.343 e. The van der Waals surface area contributed by atoms with Gasteiger partial charge in [0.1, 0.15) is 5.25 Å². The highest BCUT2D eigenvalue weighted by molar-refractivity contribution is 8.00. The molecule has 0 aliphatic carbocycles. The first-order chi connectivity index (χ1) is 7.60. The van der Waals surface area contributed by atoms with Crippen molar-refractivity contribution in [3.05, 3.63) is 10.5 Å². The third kappa shape index (κ3) is 2.84. The second-order valence-electron chi connectivity index (χ2n) is 2.94. The molecular formula is C7H13N5O3S. The molecule has 0 fully saturated rings. The zero-order valence-corrected chi connectivity index (χ0v) is 9.71. The smallest absolute Gasteiger partial charge is 0.343 e. The average Bonchev–Trinajstić information content (AvgIpc) is 2.59. The second-order valence-corrected chi connectivity index (χ2v) is 4.11. The van der Waals surface area contributed by atoms with E-state index in [1.54, 1.807) is 7.05 Å². The first kappa shape index (κ1) is 12.7. The van der Waals surface area contributed by atoms with Gasteiger partial charge in [-0.1, -0.05) is 11.8 Å². The van der Waals surface area contributed by atoms with Gasteiger partial charge in [-0.25, -0.2) is 15.7 Å². The fourth-order valence-electron chi connectivity index (χ4n) is 0.973. The number of nitrogens with two attached hydrogens (primary N) is 1. The zero-order valence-electron chi connectivity index (χ0n) is 8.89. The van der Waals surface area contributed by atoms with Crippen molar-refractivity contribution in [3.63, 3.8) is 0 Å². The predicted molar refractivity (Wildman–Crippen MR) is 57.7 cm³/mol. The first-order valence-electron chi connectivity index (χ1n) is 4.37. The molecule has 0 saturated carbocycles. The van der Waals surface area contributed by atoms with E-state index in [4.69, 9.17) is 10.6 Å². The van der Waals surface area contributed by atoms with Crippen LogP contribution in [0, 0.1) is 0 Å². The third-order valence-electron chi connectivity index (χ3n) is 1.84. The van der Waals surface area contributed by atoms with Gasteiger partial charge < -0.3 is 4.74 Å². The lowest BCUT2D eigenvalue weighted by molar-refractivity contribution is -0.121. The summed E-state index contributed by atoms with van der Waals surface area (Å²) in [6, 6.07) is 0. The number of rotatable bonds is 5. The van der Waals surface area contributed by atoms with E-state index in [1.807, 2.05) is 5.43 Å². The number of amides is 1. The van der Waals surface area contributed by atoms with Crippen molar-refractivity contribution < 1.29 is 9.53 Å². The molecule has 1 heterocycles. The van der Waals surface area contributed by atoms with Crippen LogP contribution in [0.15, 0.2) is 9.95 Å². The van der Waals surface area contributed by atoms with Crippen LogP contribution in [-0.2, 0) is 16.6 Å². The third-order valence-corrected chi connectivity index (χ3v) is 3.05. The van der Waals surface area contributed by atoms with Crippen molar-refractivity contribution in [1.82, 2.24) is 20.2 Å². The van der Waals surface area contributed by atoms with Gasteiger partial charge in [0.05, 0.1) is 6.61 Å². The van der Waals surface area contributed by atoms with E-state index < -0.39 is 5.25 Å². The Morgan fingerprint density at radius 3 is 2.94 bits per heavy atom. The number of H-pyrrole nitrogens is 1. The quantitative estimate of drug-likeness (QED) is 0.245. The molecule has 1 aromatic rings. The van der Waals surface area contributed by atoms with Crippen molar-refractivity contribution >= 4 is 17.7 Å². The molecule has 8 nitrogen and oxygen atoms in total. The number of thioether (sulfide) groups is 1. The van der Waals surface area contributed by atoms with Gasteiger partial charge in [-0.15, -0.1) is 5.10 Å². The zero-order chi connectivity index (χ0) is 12.1. The van der Waals surface area contributed by atoms with E-state index in [2.05, 4.69) is 10.2 Å². The monoisotopic (exact) mass is 247 g/mol. The maximum absolute atomic E-state index is 11.4. The molecule has 0 bridgehead atoms. The number of methoxy groups -OCH3 is 1. The Labute approximate surface area is 95.5 Å². The minimum atomic E-state index is -0.552. The molecule has 0 aromatic carbocycles. The van der Waals surface area contributed by atoms with Crippen LogP contribution < -0.4 is 17.0 Å². The lowest BCUT2D eigenvalue weighted by atomic mass is 10.4. The van der Waals surface area contributed by atoms with E-state index >= 15 is 0 Å². The number of nitrogens with zero attached hydrogens (tertiary/aromatic N) is 2. The Hall–Kier alpha value is -1.32. The lowest BCUT2D eigenvalue weighted by Crippen LogP contribution is -2.39. The van der Waals surface area contributed by atoms with Crippen molar-refractivity contribution in [1.29, 1.82) is 0 Å². The van der Waals surface area contributed by atoms with Gasteiger partial charge in [0.25, 0.3) is 0 Å². The average molecular weight is 247 g/mol. The molecule has 16 heavy (non-hydrogen) atoms. The normalized spacial score (nSPS) is 12.4. The summed E-state index contributed by atoms with van der Waals surface area (Å²) in [6.07, 6.45) is 0. The molecule has 90 valence electrons. The summed E-state index contributed by atoms with van der Waals surface area (Å²) in [5.41, 5.74) is 1.69. The number of ether oxygens (including phenoxy) is 1. The molecule has 0 spiro atoms. The van der Waals surface area contributed by atoms with Crippen LogP contribution in [0.4, 0.5) is 0 Å². The van der Waals surface area contributed by atoms with Crippen molar-refractivity contribution in [2.45, 2.75) is 10.4 Å². The summed E-state index contributed by atoms with van der Waals surface area (Å²) in [6.45, 7) is 0.175. The Bertz CT molecular complexity index is 414. The van der Waals surface area contributed by atoms with E-state index in [0.29, 0.717) is 5.16 Å². The summed E-state index contributed by atoms with van der Waals surface area (Å²) < 4.78 is 6.19. The molecule has 9 heteroatoms. The SMILES string of the molecule is COCC(Sc1n[nH]c(=O)n1C)C(=O)NN. The van der Waals surface area contributed by atoms with Crippen LogP contribution in [0.5, 0.6) is 0 Å². The largest absolute Gasteiger partial charge is 0.383 e. The van der Waals surface area contributed by atoms with E-state index in [-0.39, 0.29) is 18.2 Å². The van der Waals surface area contributed by atoms with E-state index in [0.717, 1.165) is 11.8 Å². The van der Waals surface area contributed by atoms with Crippen LogP contribution in [0.25, 0.3) is 0 Å². The summed E-state index contributed by atoms with van der Waals surface area (Å²) in [7, 11) is 3.03. The standard InChI is InChI=1S/C7H13N5O3S/c1-12-6(14)10-11-7(12)16-4(3-15-2)5(13)9-8/h4H,3,8H2,1-2H3,(H,9,13)(H,10,14). The lowest BCUT2D eigenvalue weighted by Gasteiger charge is -2.12. The first-order valence-corrected chi connectivity index (χ1v) is 5.25. The highest BCUT2D eigenvalue weighted by Gasteiger charge is 2.21. The minimum absolute atomic E-state index is 0.175. The van der Waals surface area contributed by atoms with Crippen LogP contribution >= 0.6 is 11.8 Å². The van der Waals surface area contributed by atoms with E-state index in [9.17, 15) is 9.59 Å². The van der Waals surface area contributed by atoms with Gasteiger partial charge in [0.2, 0.25) is 5.91 Å². The van der Waals surface area contributed by atoms with Gasteiger partial charge in [-0.2, -0.15) is 0 Å². The number of hydrazine groups is 1. The molecule has 0 aliphatic heterocycles. The molecule has 1 unspecified atom stereocenters. The maximum atomic E-state index is 11.4. The fourth-order valence-corrected chi connectivity index (χ4v) is 1.95. The number of hydrogen-bond donors (Lipinski definition) is 3. The molecular weight excluding hydrogens is 234 g/mol. The van der Waals surface area contributed by atoms with Gasteiger partial charge in [-0.3, -0.25) is 14.8 Å². The molecule has 1 atom stereocenters. The number of nitrogens with one attached hydrogen (secondary N) is 2. The van der Waals surface area contributed by atoms with Crippen molar-refractivity contribution in [2.24, 2.45) is 12.9 Å².